The normalized spacial score (nSPS) is 11.8. The summed E-state index contributed by atoms with van der Waals surface area (Å²) < 4.78 is 11.7. The van der Waals surface area contributed by atoms with Gasteiger partial charge in [-0.25, -0.2) is 4.98 Å². The van der Waals surface area contributed by atoms with Gasteiger partial charge in [0.05, 0.1) is 19.3 Å². The summed E-state index contributed by atoms with van der Waals surface area (Å²) in [6.45, 7) is 2.21. The first-order valence-electron chi connectivity index (χ1n) is 10.0. The molecule has 0 bridgehead atoms. The lowest BCUT2D eigenvalue weighted by Crippen LogP contribution is -2.34. The lowest BCUT2D eigenvalue weighted by molar-refractivity contribution is -0.121. The van der Waals surface area contributed by atoms with Gasteiger partial charge in [-0.3, -0.25) is 19.0 Å². The topological polar surface area (TPSA) is 171 Å². The molecule has 13 heteroatoms. The third kappa shape index (κ3) is 7.25. The molecule has 0 aliphatic rings. The molecular formula is C21H23N7O5S. The lowest BCUT2D eigenvalue weighted by Gasteiger charge is -2.07. The van der Waals surface area contributed by atoms with Gasteiger partial charge in [-0.1, -0.05) is 6.07 Å². The van der Waals surface area contributed by atoms with Crippen LogP contribution in [0, 0.1) is 22.7 Å². The molecule has 3 N–H and O–H groups in total. The molecule has 2 rings (SSSR count). The second-order valence-corrected chi connectivity index (χ2v) is 7.47. The maximum absolute atomic E-state index is 12.8. The Kier molecular flexibility index (Phi) is 10.4. The van der Waals surface area contributed by atoms with E-state index in [0.717, 1.165) is 11.3 Å². The molecule has 0 fully saturated rings. The maximum Gasteiger partial charge on any atom is 0.270 e. The number of carbonyl (C=O) groups excluding carboxylic acids is 2. The molecule has 0 unspecified atom stereocenters. The number of hydrogen-bond acceptors (Lipinski definition) is 10. The highest BCUT2D eigenvalue weighted by molar-refractivity contribution is 7.07. The molecule has 34 heavy (non-hydrogen) atoms. The van der Waals surface area contributed by atoms with Crippen LogP contribution in [0.1, 0.15) is 6.92 Å². The fourth-order valence-corrected chi connectivity index (χ4v) is 3.69. The highest BCUT2D eigenvalue weighted by Gasteiger charge is 2.15. The Morgan fingerprint density at radius 2 is 2.03 bits per heavy atom. The largest absolute Gasteiger partial charge is 0.382 e. The molecule has 0 saturated carbocycles. The van der Waals surface area contributed by atoms with Crippen molar-refractivity contribution in [2.24, 2.45) is 0 Å². The fraction of sp³-hybridized carbons (Fsp3) is 0.333. The monoisotopic (exact) mass is 485 g/mol. The molecule has 2 amide bonds. The highest BCUT2D eigenvalue weighted by atomic mass is 32.1. The van der Waals surface area contributed by atoms with E-state index >= 15 is 0 Å². The molecule has 178 valence electrons. The van der Waals surface area contributed by atoms with Crippen molar-refractivity contribution >= 4 is 46.6 Å². The van der Waals surface area contributed by atoms with Crippen molar-refractivity contribution < 1.29 is 19.1 Å². The first-order valence-corrected chi connectivity index (χ1v) is 10.9. The van der Waals surface area contributed by atoms with Crippen molar-refractivity contribution in [2.45, 2.75) is 13.5 Å². The van der Waals surface area contributed by atoms with Crippen LogP contribution in [0.3, 0.4) is 0 Å². The third-order valence-corrected chi connectivity index (χ3v) is 5.27. The van der Waals surface area contributed by atoms with E-state index in [-0.39, 0.29) is 52.8 Å². The van der Waals surface area contributed by atoms with Crippen molar-refractivity contribution in [1.29, 1.82) is 10.5 Å². The minimum Gasteiger partial charge on any atom is -0.382 e. The van der Waals surface area contributed by atoms with Crippen LogP contribution in [0.5, 0.6) is 0 Å². The van der Waals surface area contributed by atoms with E-state index in [1.165, 1.54) is 17.9 Å². The van der Waals surface area contributed by atoms with Crippen molar-refractivity contribution in [3.05, 3.63) is 37.7 Å². The van der Waals surface area contributed by atoms with E-state index in [0.29, 0.717) is 12.4 Å². The van der Waals surface area contributed by atoms with Gasteiger partial charge in [0, 0.05) is 19.9 Å². The maximum atomic E-state index is 12.8. The highest BCUT2D eigenvalue weighted by Crippen LogP contribution is 2.09. The number of nitrogens with one attached hydrogen (secondary N) is 3. The molecule has 0 spiro atoms. The van der Waals surface area contributed by atoms with Crippen molar-refractivity contribution in [2.75, 3.05) is 44.1 Å². The quantitative estimate of drug-likeness (QED) is 0.269. The zero-order chi connectivity index (χ0) is 24.9. The van der Waals surface area contributed by atoms with Crippen LogP contribution in [-0.4, -0.2) is 54.8 Å². The number of pyridine rings is 1. The number of hydrogen-bond donors (Lipinski definition) is 3. The molecule has 0 saturated heterocycles. The summed E-state index contributed by atoms with van der Waals surface area (Å²) in [6.07, 6.45) is 1.41. The van der Waals surface area contributed by atoms with Gasteiger partial charge in [0.15, 0.2) is 5.57 Å². The van der Waals surface area contributed by atoms with Gasteiger partial charge in [-0.05, 0) is 19.1 Å². The van der Waals surface area contributed by atoms with E-state index in [1.807, 2.05) is 0 Å². The smallest absolute Gasteiger partial charge is 0.270 e. The number of rotatable bonds is 11. The lowest BCUT2D eigenvalue weighted by atomic mass is 10.3. The Labute approximate surface area is 198 Å². The van der Waals surface area contributed by atoms with E-state index in [4.69, 9.17) is 14.7 Å². The van der Waals surface area contributed by atoms with E-state index in [9.17, 15) is 19.6 Å². The van der Waals surface area contributed by atoms with Gasteiger partial charge in [-0.2, -0.15) is 10.5 Å². The number of anilines is 2. The predicted molar refractivity (Wildman–Crippen MR) is 125 cm³/mol. The first-order chi connectivity index (χ1) is 16.4. The third-order valence-electron chi connectivity index (χ3n) is 4.14. The number of nitrogens with zero attached hydrogens (tertiary/aromatic N) is 4. The van der Waals surface area contributed by atoms with Gasteiger partial charge in [0.25, 0.3) is 17.4 Å². The number of nitriles is 2. The zero-order valence-electron chi connectivity index (χ0n) is 18.6. The fourth-order valence-electron chi connectivity index (χ4n) is 2.61. The van der Waals surface area contributed by atoms with Gasteiger partial charge < -0.3 is 25.4 Å². The average Bonchev–Trinajstić information content (AvgIpc) is 3.14. The van der Waals surface area contributed by atoms with Gasteiger partial charge in [0.1, 0.15) is 40.1 Å². The SMILES string of the molecule is CCn1c(=O)/c(=C\Nc2cccc(NC(=O)COCCOC)n2)s/c1=C(/C#N)C(=O)NCC#N. The molecule has 0 atom stereocenters. The summed E-state index contributed by atoms with van der Waals surface area (Å²) in [5.74, 6) is -0.478. The molecule has 0 radical (unpaired) electrons. The van der Waals surface area contributed by atoms with Crippen LogP contribution in [0.15, 0.2) is 23.0 Å². The summed E-state index contributed by atoms with van der Waals surface area (Å²) in [7, 11) is 1.53. The Hall–Kier alpha value is -4.04. The van der Waals surface area contributed by atoms with Crippen LogP contribution in [0.4, 0.5) is 11.6 Å². The Balaban J connectivity index is 2.26. The molecule has 2 heterocycles. The van der Waals surface area contributed by atoms with Gasteiger partial charge >= 0.3 is 0 Å². The second-order valence-electron chi connectivity index (χ2n) is 6.44. The average molecular weight is 486 g/mol. The number of ether oxygens (including phenoxy) is 2. The Morgan fingerprint density at radius 1 is 1.26 bits per heavy atom. The minimum absolute atomic E-state index is 0.150. The molecule has 0 aromatic carbocycles. The van der Waals surface area contributed by atoms with Crippen molar-refractivity contribution in [3.63, 3.8) is 0 Å². The molecule has 2 aromatic heterocycles. The number of amides is 2. The number of methoxy groups -OCH3 is 1. The van der Waals surface area contributed by atoms with E-state index < -0.39 is 11.5 Å². The summed E-state index contributed by atoms with van der Waals surface area (Å²) in [5, 5.41) is 25.9. The van der Waals surface area contributed by atoms with Crippen LogP contribution >= 0.6 is 11.3 Å². The molecule has 12 nitrogen and oxygen atoms in total. The van der Waals surface area contributed by atoms with Crippen molar-refractivity contribution in [1.82, 2.24) is 14.9 Å². The Morgan fingerprint density at radius 3 is 2.71 bits per heavy atom. The standard InChI is InChI=1S/C21H23N7O5S/c1-3-28-20(31)15(34-21(28)14(11-23)19(30)24-8-7-22)12-25-16-5-4-6-17(26-16)27-18(29)13-33-10-9-32-2/h4-6,12H,3,8-10,13H2,1-2H3,(H,24,30)(H2,25,26,27,29)/b15-12+,21-14-. The Bertz CT molecular complexity index is 1290. The molecule has 0 aliphatic carbocycles. The zero-order valence-corrected chi connectivity index (χ0v) is 19.4. The summed E-state index contributed by atoms with van der Waals surface area (Å²) >= 11 is 0.957. The molecular weight excluding hydrogens is 462 g/mol. The number of aromatic nitrogens is 2. The van der Waals surface area contributed by atoms with Crippen LogP contribution in [0.25, 0.3) is 11.8 Å². The van der Waals surface area contributed by atoms with Crippen LogP contribution in [0.2, 0.25) is 0 Å². The predicted octanol–water partition coefficient (Wildman–Crippen LogP) is -0.910. The number of carbonyl (C=O) groups is 2. The first kappa shape index (κ1) is 26.2. The van der Waals surface area contributed by atoms with Crippen molar-refractivity contribution in [3.8, 4) is 12.1 Å². The molecule has 2 aromatic rings. The number of thiazole rings is 1. The van der Waals surface area contributed by atoms with Gasteiger partial charge in [0.2, 0.25) is 0 Å². The van der Waals surface area contributed by atoms with Crippen LogP contribution in [-0.2, 0) is 25.6 Å². The summed E-state index contributed by atoms with van der Waals surface area (Å²) in [4.78, 5) is 41.1. The molecule has 0 aliphatic heterocycles. The second kappa shape index (κ2) is 13.5. The van der Waals surface area contributed by atoms with Crippen LogP contribution < -0.4 is 30.7 Å². The minimum atomic E-state index is -0.733. The van der Waals surface area contributed by atoms with E-state index in [2.05, 4.69) is 20.9 Å². The summed E-state index contributed by atoms with van der Waals surface area (Å²) in [5.41, 5.74) is -0.650. The van der Waals surface area contributed by atoms with E-state index in [1.54, 1.807) is 37.3 Å². The summed E-state index contributed by atoms with van der Waals surface area (Å²) in [6, 6.07) is 8.46. The van der Waals surface area contributed by atoms with Gasteiger partial charge in [-0.15, -0.1) is 11.3 Å².